The Labute approximate surface area is 137 Å². The van der Waals surface area contributed by atoms with Crippen molar-refractivity contribution in [2.75, 3.05) is 44.2 Å². The molecule has 0 spiro atoms. The van der Waals surface area contributed by atoms with Crippen LogP contribution < -0.4 is 4.90 Å². The number of hydrogen-bond acceptors (Lipinski definition) is 3. The van der Waals surface area contributed by atoms with E-state index >= 15 is 0 Å². The lowest BCUT2D eigenvalue weighted by Gasteiger charge is -2.40. The Morgan fingerprint density at radius 1 is 0.957 bits per heavy atom. The van der Waals surface area contributed by atoms with Gasteiger partial charge in [0.05, 0.1) is 6.04 Å². The quantitative estimate of drug-likeness (QED) is 0.856. The van der Waals surface area contributed by atoms with Crippen LogP contribution in [0.3, 0.4) is 0 Å². The van der Waals surface area contributed by atoms with E-state index < -0.39 is 0 Å². The SMILES string of the molecule is CC(C(=O)N1CCCCC1)N1CCN(c2ccc(F)cc2)CC1. The Kier molecular flexibility index (Phi) is 5.16. The molecule has 0 radical (unpaired) electrons. The van der Waals surface area contributed by atoms with Crippen LogP contribution in [0.1, 0.15) is 26.2 Å². The first kappa shape index (κ1) is 16.2. The van der Waals surface area contributed by atoms with Gasteiger partial charge in [0.25, 0.3) is 0 Å². The fourth-order valence-electron chi connectivity index (χ4n) is 3.55. The van der Waals surface area contributed by atoms with E-state index in [1.165, 1.54) is 18.6 Å². The maximum atomic E-state index is 13.0. The summed E-state index contributed by atoms with van der Waals surface area (Å²) in [5.74, 6) is 0.0769. The third-order valence-corrected chi connectivity index (χ3v) is 5.08. The lowest BCUT2D eigenvalue weighted by atomic mass is 10.1. The number of carbonyl (C=O) groups is 1. The third-order valence-electron chi connectivity index (χ3n) is 5.08. The zero-order valence-corrected chi connectivity index (χ0v) is 13.9. The van der Waals surface area contributed by atoms with Gasteiger partial charge < -0.3 is 9.80 Å². The number of hydrogen-bond donors (Lipinski definition) is 0. The highest BCUT2D eigenvalue weighted by Gasteiger charge is 2.29. The van der Waals surface area contributed by atoms with E-state index in [1.807, 2.05) is 24.0 Å². The molecule has 0 aliphatic carbocycles. The monoisotopic (exact) mass is 319 g/mol. The van der Waals surface area contributed by atoms with Gasteiger partial charge >= 0.3 is 0 Å². The lowest BCUT2D eigenvalue weighted by molar-refractivity contribution is -0.137. The van der Waals surface area contributed by atoms with Crippen LogP contribution in [0.15, 0.2) is 24.3 Å². The first-order valence-corrected chi connectivity index (χ1v) is 8.68. The molecule has 3 rings (SSSR count). The second-order valence-corrected chi connectivity index (χ2v) is 6.56. The van der Waals surface area contributed by atoms with Crippen LogP contribution in [0.5, 0.6) is 0 Å². The summed E-state index contributed by atoms with van der Waals surface area (Å²) in [6.07, 6.45) is 3.52. The van der Waals surface area contributed by atoms with Crippen molar-refractivity contribution in [2.45, 2.75) is 32.2 Å². The van der Waals surface area contributed by atoms with E-state index in [0.29, 0.717) is 0 Å². The summed E-state index contributed by atoms with van der Waals surface area (Å²) in [5.41, 5.74) is 1.06. The average molecular weight is 319 g/mol. The number of anilines is 1. The van der Waals surface area contributed by atoms with Gasteiger partial charge in [0.2, 0.25) is 5.91 Å². The Hall–Kier alpha value is -1.62. The topological polar surface area (TPSA) is 26.8 Å². The van der Waals surface area contributed by atoms with Gasteiger partial charge in [-0.1, -0.05) is 0 Å². The first-order valence-electron chi connectivity index (χ1n) is 8.68. The number of carbonyl (C=O) groups excluding carboxylic acids is 1. The molecule has 0 saturated carbocycles. The molecule has 1 unspecified atom stereocenters. The highest BCUT2D eigenvalue weighted by Crippen LogP contribution is 2.19. The fraction of sp³-hybridized carbons (Fsp3) is 0.611. The van der Waals surface area contributed by atoms with Crippen molar-refractivity contribution in [3.63, 3.8) is 0 Å². The van der Waals surface area contributed by atoms with Crippen LogP contribution in [0.25, 0.3) is 0 Å². The Morgan fingerprint density at radius 3 is 2.17 bits per heavy atom. The predicted molar refractivity (Wildman–Crippen MR) is 90.1 cm³/mol. The normalized spacial score (nSPS) is 21.3. The number of piperazine rings is 1. The molecule has 4 nitrogen and oxygen atoms in total. The molecule has 23 heavy (non-hydrogen) atoms. The van der Waals surface area contributed by atoms with Gasteiger partial charge in [-0.2, -0.15) is 0 Å². The van der Waals surface area contributed by atoms with E-state index in [2.05, 4.69) is 9.80 Å². The van der Waals surface area contributed by atoms with Gasteiger partial charge in [0.15, 0.2) is 0 Å². The smallest absolute Gasteiger partial charge is 0.239 e. The Bertz CT molecular complexity index is 520. The fourth-order valence-corrected chi connectivity index (χ4v) is 3.55. The number of amides is 1. The van der Waals surface area contributed by atoms with Gasteiger partial charge in [0.1, 0.15) is 5.82 Å². The van der Waals surface area contributed by atoms with Crippen molar-refractivity contribution in [1.82, 2.24) is 9.80 Å². The van der Waals surface area contributed by atoms with Crippen LogP contribution in [0, 0.1) is 5.82 Å². The number of piperidine rings is 1. The van der Waals surface area contributed by atoms with E-state index in [4.69, 9.17) is 0 Å². The zero-order valence-electron chi connectivity index (χ0n) is 13.9. The first-order chi connectivity index (χ1) is 11.1. The van der Waals surface area contributed by atoms with Crippen molar-refractivity contribution in [3.05, 3.63) is 30.1 Å². The van der Waals surface area contributed by atoms with E-state index in [1.54, 1.807) is 0 Å². The molecule has 0 bridgehead atoms. The molecule has 1 aromatic rings. The lowest BCUT2D eigenvalue weighted by Crippen LogP contribution is -2.55. The van der Waals surface area contributed by atoms with Gasteiger partial charge in [-0.05, 0) is 50.5 Å². The second-order valence-electron chi connectivity index (χ2n) is 6.56. The summed E-state index contributed by atoms with van der Waals surface area (Å²) < 4.78 is 13.0. The molecule has 5 heteroatoms. The largest absolute Gasteiger partial charge is 0.369 e. The van der Waals surface area contributed by atoms with E-state index in [-0.39, 0.29) is 17.8 Å². The van der Waals surface area contributed by atoms with Crippen molar-refractivity contribution >= 4 is 11.6 Å². The van der Waals surface area contributed by atoms with Crippen molar-refractivity contribution in [3.8, 4) is 0 Å². The average Bonchev–Trinajstić information content (AvgIpc) is 2.62. The molecule has 2 aliphatic heterocycles. The van der Waals surface area contributed by atoms with Crippen molar-refractivity contribution in [1.29, 1.82) is 0 Å². The van der Waals surface area contributed by atoms with Gasteiger partial charge in [-0.3, -0.25) is 9.69 Å². The van der Waals surface area contributed by atoms with Gasteiger partial charge in [-0.25, -0.2) is 4.39 Å². The van der Waals surface area contributed by atoms with Crippen LogP contribution >= 0.6 is 0 Å². The van der Waals surface area contributed by atoms with Crippen LogP contribution in [0.4, 0.5) is 10.1 Å². The molecule has 2 aliphatic rings. The van der Waals surface area contributed by atoms with Gasteiger partial charge in [0, 0.05) is 45.0 Å². The molecule has 126 valence electrons. The molecule has 2 saturated heterocycles. The Balaban J connectivity index is 1.53. The molecular weight excluding hydrogens is 293 g/mol. The molecule has 2 heterocycles. The summed E-state index contributed by atoms with van der Waals surface area (Å²) in [6, 6.07) is 6.62. The van der Waals surface area contributed by atoms with E-state index in [0.717, 1.165) is 57.8 Å². The maximum Gasteiger partial charge on any atom is 0.239 e. The summed E-state index contributed by atoms with van der Waals surface area (Å²) in [7, 11) is 0. The number of halogens is 1. The second kappa shape index (κ2) is 7.30. The Morgan fingerprint density at radius 2 is 1.57 bits per heavy atom. The van der Waals surface area contributed by atoms with E-state index in [9.17, 15) is 9.18 Å². The van der Waals surface area contributed by atoms with Crippen LogP contribution in [0.2, 0.25) is 0 Å². The van der Waals surface area contributed by atoms with Crippen LogP contribution in [-0.4, -0.2) is 61.0 Å². The highest BCUT2D eigenvalue weighted by molar-refractivity contribution is 5.81. The highest BCUT2D eigenvalue weighted by atomic mass is 19.1. The third kappa shape index (κ3) is 3.83. The molecule has 0 N–H and O–H groups in total. The molecule has 2 fully saturated rings. The minimum Gasteiger partial charge on any atom is -0.369 e. The molecule has 1 amide bonds. The van der Waals surface area contributed by atoms with Crippen LogP contribution in [-0.2, 0) is 4.79 Å². The standard InChI is InChI=1S/C18H26FN3O/c1-15(18(23)22-9-3-2-4-10-22)20-11-13-21(14-12-20)17-7-5-16(19)6-8-17/h5-8,15H,2-4,9-14H2,1H3. The van der Waals surface area contributed by atoms with Crippen molar-refractivity contribution < 1.29 is 9.18 Å². The predicted octanol–water partition coefficient (Wildman–Crippen LogP) is 2.35. The van der Waals surface area contributed by atoms with Gasteiger partial charge in [-0.15, -0.1) is 0 Å². The number of nitrogens with zero attached hydrogens (tertiary/aromatic N) is 3. The zero-order chi connectivity index (χ0) is 16.2. The summed E-state index contributed by atoms with van der Waals surface area (Å²) >= 11 is 0. The van der Waals surface area contributed by atoms with Crippen molar-refractivity contribution in [2.24, 2.45) is 0 Å². The molecular formula is C18H26FN3O. The summed E-state index contributed by atoms with van der Waals surface area (Å²) in [4.78, 5) is 19.2. The maximum absolute atomic E-state index is 13.0. The summed E-state index contributed by atoms with van der Waals surface area (Å²) in [5, 5.41) is 0. The molecule has 0 aromatic heterocycles. The summed E-state index contributed by atoms with van der Waals surface area (Å²) in [6.45, 7) is 7.37. The number of benzene rings is 1. The number of likely N-dealkylation sites (tertiary alicyclic amines) is 1. The number of rotatable bonds is 3. The minimum atomic E-state index is -0.201. The molecule has 1 atom stereocenters. The minimum absolute atomic E-state index is 0.0385. The molecule has 1 aromatic carbocycles.